The molecule has 7 heteroatoms. The van der Waals surface area contributed by atoms with Crippen molar-refractivity contribution in [3.63, 3.8) is 0 Å². The average Bonchev–Trinajstić information content (AvgIpc) is 3.14. The zero-order valence-corrected chi connectivity index (χ0v) is 33.4. The lowest BCUT2D eigenvalue weighted by Gasteiger charge is -2.34. The van der Waals surface area contributed by atoms with Gasteiger partial charge in [-0.05, 0) is 69.6 Å². The van der Waals surface area contributed by atoms with Crippen LogP contribution in [0, 0.1) is 17.8 Å². The second-order valence-electron chi connectivity index (χ2n) is 15.9. The highest BCUT2D eigenvalue weighted by molar-refractivity contribution is 5.89. The standard InChI is InChI=1S/C33H58O2.C12H18O5/c34-33(35)32(30-26-20-14-8-3-9-15-21-27-30)31(28-22-16-10-4-1-5-11-17-23-28)29-24-18-12-6-2-7-13-19-25-29;1-9(11(13)14)5-6-10(2)12(15)17-8-4-7-16-3/h28-30H,1-27H2,(H,34,35);5H,2,4,6-8H2,1,3H3,(H,13,14). The summed E-state index contributed by atoms with van der Waals surface area (Å²) in [6.07, 6.45) is 37.5. The molecule has 52 heavy (non-hydrogen) atoms. The van der Waals surface area contributed by atoms with E-state index < -0.39 is 17.9 Å². The van der Waals surface area contributed by atoms with E-state index in [0.29, 0.717) is 30.8 Å². The molecule has 0 spiro atoms. The van der Waals surface area contributed by atoms with Gasteiger partial charge in [-0.25, -0.2) is 14.4 Å². The lowest BCUT2D eigenvalue weighted by atomic mass is 9.71. The Bertz CT molecular complexity index is 1030. The molecule has 3 fully saturated rings. The molecule has 0 amide bonds. The highest BCUT2D eigenvalue weighted by atomic mass is 16.5. The molecule has 0 aromatic carbocycles. The molecule has 0 unspecified atom stereocenters. The minimum atomic E-state index is -1.01. The van der Waals surface area contributed by atoms with Gasteiger partial charge in [0.25, 0.3) is 0 Å². The first-order valence-electron chi connectivity index (χ1n) is 21.5. The first-order valence-corrected chi connectivity index (χ1v) is 21.5. The molecule has 0 atom stereocenters. The maximum absolute atomic E-state index is 13.2. The summed E-state index contributed by atoms with van der Waals surface area (Å²) in [5.74, 6) is -0.699. The third-order valence-electron chi connectivity index (χ3n) is 11.7. The molecule has 0 heterocycles. The first kappa shape index (κ1) is 45.7. The van der Waals surface area contributed by atoms with Crippen LogP contribution in [0.2, 0.25) is 0 Å². The molecular weight excluding hydrogens is 652 g/mol. The highest BCUT2D eigenvalue weighted by Crippen LogP contribution is 2.42. The number of esters is 1. The van der Waals surface area contributed by atoms with Gasteiger partial charge in [0.2, 0.25) is 0 Å². The van der Waals surface area contributed by atoms with Crippen LogP contribution in [-0.2, 0) is 23.9 Å². The molecule has 0 aliphatic heterocycles. The Labute approximate surface area is 317 Å². The van der Waals surface area contributed by atoms with Crippen LogP contribution in [0.5, 0.6) is 0 Å². The van der Waals surface area contributed by atoms with E-state index in [-0.39, 0.29) is 24.2 Å². The number of carboxylic acids is 2. The molecule has 298 valence electrons. The van der Waals surface area contributed by atoms with E-state index in [4.69, 9.17) is 14.6 Å². The fourth-order valence-electron chi connectivity index (χ4n) is 8.56. The van der Waals surface area contributed by atoms with Crippen LogP contribution in [0.15, 0.2) is 34.9 Å². The van der Waals surface area contributed by atoms with Crippen LogP contribution in [0.4, 0.5) is 0 Å². The molecule has 0 aromatic heterocycles. The fourth-order valence-corrected chi connectivity index (χ4v) is 8.56. The molecule has 0 aromatic rings. The highest BCUT2D eigenvalue weighted by Gasteiger charge is 2.32. The van der Waals surface area contributed by atoms with Gasteiger partial charge in [0.1, 0.15) is 0 Å². The van der Waals surface area contributed by atoms with Crippen molar-refractivity contribution in [1.82, 2.24) is 0 Å². The molecule has 2 N–H and O–H groups in total. The Morgan fingerprint density at radius 3 is 1.29 bits per heavy atom. The Kier molecular flexibility index (Phi) is 25.5. The molecule has 0 saturated heterocycles. The van der Waals surface area contributed by atoms with Crippen molar-refractivity contribution in [1.29, 1.82) is 0 Å². The van der Waals surface area contributed by atoms with Crippen LogP contribution in [-0.4, -0.2) is 48.4 Å². The minimum Gasteiger partial charge on any atom is -0.478 e. The number of carbonyl (C=O) groups excluding carboxylic acids is 1. The number of allylic oxidation sites excluding steroid dienone is 2. The van der Waals surface area contributed by atoms with Gasteiger partial charge in [-0.2, -0.15) is 0 Å². The predicted octanol–water partition coefficient (Wildman–Crippen LogP) is 12.3. The third kappa shape index (κ3) is 19.6. The number of hydrogen-bond donors (Lipinski definition) is 2. The number of ether oxygens (including phenoxy) is 2. The van der Waals surface area contributed by atoms with Crippen molar-refractivity contribution in [2.24, 2.45) is 17.8 Å². The van der Waals surface area contributed by atoms with Crippen molar-refractivity contribution < 1.29 is 34.1 Å². The van der Waals surface area contributed by atoms with Gasteiger partial charge < -0.3 is 19.7 Å². The lowest BCUT2D eigenvalue weighted by molar-refractivity contribution is -0.139. The monoisotopic (exact) mass is 729 g/mol. The van der Waals surface area contributed by atoms with Crippen LogP contribution in [0.25, 0.3) is 0 Å². The molecule has 0 bridgehead atoms. The summed E-state index contributed by atoms with van der Waals surface area (Å²) in [4.78, 5) is 35.0. The number of aliphatic carboxylic acids is 2. The Morgan fingerprint density at radius 1 is 0.577 bits per heavy atom. The first-order chi connectivity index (χ1) is 25.3. The second-order valence-corrected chi connectivity index (χ2v) is 15.9. The van der Waals surface area contributed by atoms with Crippen LogP contribution in [0.3, 0.4) is 0 Å². The molecule has 3 saturated carbocycles. The number of methoxy groups -OCH3 is 1. The van der Waals surface area contributed by atoms with Crippen molar-refractivity contribution in [3.8, 4) is 0 Å². The van der Waals surface area contributed by atoms with Crippen LogP contribution < -0.4 is 0 Å². The van der Waals surface area contributed by atoms with E-state index in [0.717, 1.165) is 18.4 Å². The van der Waals surface area contributed by atoms with Gasteiger partial charge in [0, 0.05) is 36.9 Å². The van der Waals surface area contributed by atoms with Crippen LogP contribution >= 0.6 is 0 Å². The predicted molar refractivity (Wildman–Crippen MR) is 212 cm³/mol. The number of carbonyl (C=O) groups is 3. The lowest BCUT2D eigenvalue weighted by Crippen LogP contribution is -2.25. The van der Waals surface area contributed by atoms with E-state index in [1.54, 1.807) is 7.11 Å². The van der Waals surface area contributed by atoms with E-state index in [9.17, 15) is 19.5 Å². The molecule has 3 aliphatic rings. The summed E-state index contributed by atoms with van der Waals surface area (Å²) in [6, 6.07) is 0. The second kappa shape index (κ2) is 29.0. The van der Waals surface area contributed by atoms with Gasteiger partial charge in [0.05, 0.1) is 6.61 Å². The van der Waals surface area contributed by atoms with E-state index >= 15 is 0 Å². The zero-order valence-electron chi connectivity index (χ0n) is 33.4. The van der Waals surface area contributed by atoms with Crippen molar-refractivity contribution in [3.05, 3.63) is 34.9 Å². The quantitative estimate of drug-likeness (QED) is 0.117. The number of carboxylic acid groups (broad SMARTS) is 2. The molecule has 0 radical (unpaired) electrons. The summed E-state index contributed by atoms with van der Waals surface area (Å²) in [7, 11) is 1.57. The smallest absolute Gasteiger partial charge is 0.333 e. The van der Waals surface area contributed by atoms with E-state index in [1.807, 2.05) is 0 Å². The molecule has 3 rings (SSSR count). The molecule has 3 aliphatic carbocycles. The number of rotatable bonds is 12. The van der Waals surface area contributed by atoms with Crippen LogP contribution in [0.1, 0.15) is 193 Å². The largest absolute Gasteiger partial charge is 0.478 e. The third-order valence-corrected chi connectivity index (χ3v) is 11.7. The Morgan fingerprint density at radius 2 is 0.942 bits per heavy atom. The van der Waals surface area contributed by atoms with Crippen molar-refractivity contribution in [2.75, 3.05) is 20.3 Å². The van der Waals surface area contributed by atoms with Gasteiger partial charge >= 0.3 is 17.9 Å². The average molecular weight is 729 g/mol. The maximum atomic E-state index is 13.2. The SMILES string of the molecule is C=C(CC=C(C)C(=O)O)C(=O)OCCCOC.O=C(O)C(=C(C1CCCCCCCCC1)C1CCCCCCCCC1)C1CCCCCCCCC1. The Balaban J connectivity index is 0.000000465. The van der Waals surface area contributed by atoms with E-state index in [1.165, 1.54) is 179 Å². The summed E-state index contributed by atoms with van der Waals surface area (Å²) in [5.41, 5.74) is 2.84. The van der Waals surface area contributed by atoms with Gasteiger partial charge in [0.15, 0.2) is 0 Å². The summed E-state index contributed by atoms with van der Waals surface area (Å²) < 4.78 is 9.70. The van der Waals surface area contributed by atoms with Gasteiger partial charge in [-0.15, -0.1) is 0 Å². The molecule has 7 nitrogen and oxygen atoms in total. The summed E-state index contributed by atoms with van der Waals surface area (Å²) in [6.45, 7) is 5.80. The van der Waals surface area contributed by atoms with Crippen molar-refractivity contribution in [2.45, 2.75) is 193 Å². The summed E-state index contributed by atoms with van der Waals surface area (Å²) in [5, 5.41) is 19.4. The summed E-state index contributed by atoms with van der Waals surface area (Å²) >= 11 is 0. The zero-order chi connectivity index (χ0) is 37.8. The Hall–Kier alpha value is -2.41. The minimum absolute atomic E-state index is 0.179. The van der Waals surface area contributed by atoms with Crippen molar-refractivity contribution >= 4 is 17.9 Å². The fraction of sp³-hybridized carbons (Fsp3) is 0.800. The topological polar surface area (TPSA) is 110 Å². The molecular formula is C45H76O7. The van der Waals surface area contributed by atoms with E-state index in [2.05, 4.69) is 6.58 Å². The normalized spacial score (nSPS) is 20.3. The van der Waals surface area contributed by atoms with Gasteiger partial charge in [-0.1, -0.05) is 153 Å². The van der Waals surface area contributed by atoms with Gasteiger partial charge in [-0.3, -0.25) is 0 Å². The number of hydrogen-bond acceptors (Lipinski definition) is 5. The maximum Gasteiger partial charge on any atom is 0.333 e.